The van der Waals surface area contributed by atoms with Gasteiger partial charge in [-0.2, -0.15) is 8.42 Å². The van der Waals surface area contributed by atoms with Crippen LogP contribution in [-0.4, -0.2) is 15.5 Å². The molecular weight excluding hydrogens is 204 g/mol. The average molecular weight is 214 g/mol. The lowest BCUT2D eigenvalue weighted by atomic mass is 10.3. The molecule has 0 N–H and O–H groups in total. The molecule has 0 bridgehead atoms. The summed E-state index contributed by atoms with van der Waals surface area (Å²) in [7, 11) is -2.21. The van der Waals surface area contributed by atoms with Gasteiger partial charge in [-0.05, 0) is 24.3 Å². The smallest absolute Gasteiger partial charge is 0.338 e. The van der Waals surface area contributed by atoms with Gasteiger partial charge in [0.25, 0.3) is 0 Å². The van der Waals surface area contributed by atoms with Gasteiger partial charge in [0.15, 0.2) is 0 Å². The first-order valence-electron chi connectivity index (χ1n) is 3.78. The van der Waals surface area contributed by atoms with Gasteiger partial charge in [-0.3, -0.25) is 0 Å². The van der Waals surface area contributed by atoms with Crippen molar-refractivity contribution in [1.82, 2.24) is 0 Å². The number of benzene rings is 1. The van der Waals surface area contributed by atoms with Gasteiger partial charge in [-0.25, -0.2) is 0 Å². The highest BCUT2D eigenvalue weighted by Crippen LogP contribution is 2.17. The zero-order valence-electron chi connectivity index (χ0n) is 7.64. The maximum absolute atomic E-state index is 11.3. The molecule has 0 unspecified atom stereocenters. The van der Waals surface area contributed by atoms with Gasteiger partial charge in [-0.1, -0.05) is 6.58 Å². The van der Waals surface area contributed by atoms with E-state index in [4.69, 9.17) is 4.74 Å². The minimum atomic E-state index is -3.71. The lowest BCUT2D eigenvalue weighted by molar-refractivity contribution is 0.414. The minimum Gasteiger partial charge on any atom is -0.497 e. The molecule has 0 spiro atoms. The Labute approximate surface area is 82.9 Å². The molecule has 0 saturated heterocycles. The van der Waals surface area contributed by atoms with Gasteiger partial charge in [0.05, 0.1) is 13.4 Å². The third-order valence-corrected chi connectivity index (χ3v) is 2.78. The van der Waals surface area contributed by atoms with Gasteiger partial charge in [0.2, 0.25) is 0 Å². The van der Waals surface area contributed by atoms with Crippen molar-refractivity contribution in [3.8, 4) is 5.75 Å². The van der Waals surface area contributed by atoms with Gasteiger partial charge >= 0.3 is 10.1 Å². The summed E-state index contributed by atoms with van der Waals surface area (Å²) in [5.74, 6) is 0.586. The highest BCUT2D eigenvalue weighted by atomic mass is 32.2. The van der Waals surface area contributed by atoms with Crippen LogP contribution in [0.1, 0.15) is 0 Å². The molecule has 1 aromatic rings. The van der Waals surface area contributed by atoms with Crippen molar-refractivity contribution in [2.75, 3.05) is 7.11 Å². The lowest BCUT2D eigenvalue weighted by Gasteiger charge is -2.03. The second-order valence-corrected chi connectivity index (χ2v) is 3.96. The number of hydrogen-bond acceptors (Lipinski definition) is 4. The molecule has 0 aliphatic rings. The minimum absolute atomic E-state index is 0.0678. The van der Waals surface area contributed by atoms with Crippen molar-refractivity contribution in [2.45, 2.75) is 4.90 Å². The van der Waals surface area contributed by atoms with E-state index >= 15 is 0 Å². The summed E-state index contributed by atoms with van der Waals surface area (Å²) in [5, 5.41) is 0. The van der Waals surface area contributed by atoms with Crippen LogP contribution in [0.15, 0.2) is 42.0 Å². The van der Waals surface area contributed by atoms with Crippen molar-refractivity contribution in [2.24, 2.45) is 0 Å². The van der Waals surface area contributed by atoms with Crippen LogP contribution in [-0.2, 0) is 14.3 Å². The summed E-state index contributed by atoms with van der Waals surface area (Å²) in [6.45, 7) is 3.18. The van der Waals surface area contributed by atoms with E-state index in [2.05, 4.69) is 10.8 Å². The predicted octanol–water partition coefficient (Wildman–Crippen LogP) is 1.54. The van der Waals surface area contributed by atoms with Crippen LogP contribution in [0, 0.1) is 0 Å². The number of methoxy groups -OCH3 is 1. The Morgan fingerprint density at radius 1 is 1.29 bits per heavy atom. The van der Waals surface area contributed by atoms with Gasteiger partial charge in [-0.15, -0.1) is 0 Å². The quantitative estimate of drug-likeness (QED) is 0.563. The van der Waals surface area contributed by atoms with Crippen LogP contribution < -0.4 is 4.74 Å². The summed E-state index contributed by atoms with van der Waals surface area (Å²) in [4.78, 5) is 0.0678. The largest absolute Gasteiger partial charge is 0.497 e. The fourth-order valence-electron chi connectivity index (χ4n) is 0.888. The van der Waals surface area contributed by atoms with Crippen LogP contribution in [0.4, 0.5) is 0 Å². The van der Waals surface area contributed by atoms with Crippen LogP contribution in [0.3, 0.4) is 0 Å². The molecule has 0 aliphatic carbocycles. The summed E-state index contributed by atoms with van der Waals surface area (Å²) in [5.41, 5.74) is 0. The Kier molecular flexibility index (Phi) is 3.14. The van der Waals surface area contributed by atoms with E-state index < -0.39 is 10.1 Å². The number of hydrogen-bond donors (Lipinski definition) is 0. The van der Waals surface area contributed by atoms with Crippen molar-refractivity contribution < 1.29 is 17.3 Å². The highest BCUT2D eigenvalue weighted by Gasteiger charge is 2.13. The zero-order chi connectivity index (χ0) is 10.6. The molecule has 0 heterocycles. The summed E-state index contributed by atoms with van der Waals surface area (Å²) in [6.07, 6.45) is 0.875. The molecule has 14 heavy (non-hydrogen) atoms. The van der Waals surface area contributed by atoms with E-state index in [1.54, 1.807) is 12.1 Å². The van der Waals surface area contributed by atoms with Crippen molar-refractivity contribution in [3.63, 3.8) is 0 Å². The maximum Gasteiger partial charge on any atom is 0.338 e. The van der Waals surface area contributed by atoms with Gasteiger partial charge < -0.3 is 8.92 Å². The summed E-state index contributed by atoms with van der Waals surface area (Å²) >= 11 is 0. The summed E-state index contributed by atoms with van der Waals surface area (Å²) in [6, 6.07) is 5.88. The van der Waals surface area contributed by atoms with Gasteiger partial charge in [0, 0.05) is 0 Å². The molecule has 0 atom stereocenters. The lowest BCUT2D eigenvalue weighted by Crippen LogP contribution is -2.01. The molecule has 0 fully saturated rings. The topological polar surface area (TPSA) is 52.6 Å². The fourth-order valence-corrected chi connectivity index (χ4v) is 1.65. The normalized spacial score (nSPS) is 10.6. The molecule has 1 aromatic carbocycles. The zero-order valence-corrected chi connectivity index (χ0v) is 8.45. The van der Waals surface area contributed by atoms with Crippen LogP contribution in [0.2, 0.25) is 0 Å². The molecule has 76 valence electrons. The maximum atomic E-state index is 11.3. The van der Waals surface area contributed by atoms with Crippen LogP contribution in [0.25, 0.3) is 0 Å². The molecule has 4 nitrogen and oxygen atoms in total. The van der Waals surface area contributed by atoms with E-state index in [0.29, 0.717) is 5.75 Å². The Hall–Kier alpha value is -1.49. The molecule has 0 saturated carbocycles. The van der Waals surface area contributed by atoms with Crippen LogP contribution in [0.5, 0.6) is 5.75 Å². The van der Waals surface area contributed by atoms with E-state index in [9.17, 15) is 8.42 Å². The first-order chi connectivity index (χ1) is 6.60. The fraction of sp³-hybridized carbons (Fsp3) is 0.111. The molecule has 0 aliphatic heterocycles. The molecule has 5 heteroatoms. The standard InChI is InChI=1S/C9H10O4S/c1-3-13-14(10,11)9-6-4-8(12-2)5-7-9/h3-7H,1H2,2H3. The number of ether oxygens (including phenoxy) is 1. The first-order valence-corrected chi connectivity index (χ1v) is 5.19. The van der Waals surface area contributed by atoms with Crippen molar-refractivity contribution >= 4 is 10.1 Å². The third kappa shape index (κ3) is 2.26. The van der Waals surface area contributed by atoms with Crippen molar-refractivity contribution in [3.05, 3.63) is 37.1 Å². The predicted molar refractivity (Wildman–Crippen MR) is 51.5 cm³/mol. The van der Waals surface area contributed by atoms with Gasteiger partial charge in [0.1, 0.15) is 10.6 Å². The summed E-state index contributed by atoms with van der Waals surface area (Å²) < 4.78 is 31.9. The van der Waals surface area contributed by atoms with Crippen LogP contribution >= 0.6 is 0 Å². The van der Waals surface area contributed by atoms with E-state index in [1.165, 1.54) is 19.2 Å². The Morgan fingerprint density at radius 2 is 1.86 bits per heavy atom. The molecule has 1 rings (SSSR count). The SMILES string of the molecule is C=COS(=O)(=O)c1ccc(OC)cc1. The molecule has 0 amide bonds. The third-order valence-electron chi connectivity index (χ3n) is 1.54. The van der Waals surface area contributed by atoms with Crippen molar-refractivity contribution in [1.29, 1.82) is 0 Å². The molecule has 0 aromatic heterocycles. The Morgan fingerprint density at radius 3 is 2.29 bits per heavy atom. The molecule has 0 radical (unpaired) electrons. The second-order valence-electron chi connectivity index (χ2n) is 2.39. The monoisotopic (exact) mass is 214 g/mol. The number of rotatable bonds is 4. The highest BCUT2D eigenvalue weighted by molar-refractivity contribution is 7.86. The average Bonchev–Trinajstić information content (AvgIpc) is 2.18. The Balaban J connectivity index is 3.03. The van der Waals surface area contributed by atoms with E-state index in [-0.39, 0.29) is 4.90 Å². The van der Waals surface area contributed by atoms with E-state index in [1.807, 2.05) is 0 Å². The molecular formula is C9H10O4S. The van der Waals surface area contributed by atoms with E-state index in [0.717, 1.165) is 6.26 Å². The first kappa shape index (κ1) is 10.6. The second kappa shape index (κ2) is 4.15. The Bertz CT molecular complexity index is 405.